The summed E-state index contributed by atoms with van der Waals surface area (Å²) in [5.74, 6) is -1.19. The Kier molecular flexibility index (Phi) is 6.76. The number of halogens is 1. The van der Waals surface area contributed by atoms with Crippen molar-refractivity contribution in [3.05, 3.63) is 106 Å². The van der Waals surface area contributed by atoms with E-state index in [-0.39, 0.29) is 17.9 Å². The smallest absolute Gasteiger partial charge is 0.338 e. The summed E-state index contributed by atoms with van der Waals surface area (Å²) < 4.78 is 5.03. The number of nitrogens with one attached hydrogen (secondary N) is 1. The Balaban J connectivity index is 1.50. The van der Waals surface area contributed by atoms with Crippen molar-refractivity contribution < 1.29 is 19.1 Å². The first kappa shape index (κ1) is 20.3. The number of carbonyl (C=O) groups is 3. The molecular weight excluding hydrogens is 390 g/mol. The summed E-state index contributed by atoms with van der Waals surface area (Å²) in [5, 5.41) is 3.24. The lowest BCUT2D eigenvalue weighted by Crippen LogP contribution is -2.28. The van der Waals surface area contributed by atoms with Crippen LogP contribution in [0.3, 0.4) is 0 Å². The maximum Gasteiger partial charge on any atom is 0.338 e. The van der Waals surface area contributed by atoms with E-state index in [1.54, 1.807) is 54.6 Å². The normalized spacial score (nSPS) is 10.2. The lowest BCUT2D eigenvalue weighted by Gasteiger charge is -2.07. The Hall–Kier alpha value is -3.44. The van der Waals surface area contributed by atoms with Gasteiger partial charge in [0.1, 0.15) is 0 Å². The van der Waals surface area contributed by atoms with Gasteiger partial charge in [-0.2, -0.15) is 0 Å². The van der Waals surface area contributed by atoms with Crippen molar-refractivity contribution in [2.45, 2.75) is 6.54 Å². The minimum Gasteiger partial charge on any atom is -0.452 e. The highest BCUT2D eigenvalue weighted by Crippen LogP contribution is 2.12. The Morgan fingerprint density at radius 2 is 1.45 bits per heavy atom. The molecule has 0 bridgehead atoms. The second-order valence-electron chi connectivity index (χ2n) is 6.26. The van der Waals surface area contributed by atoms with Crippen molar-refractivity contribution in [1.29, 1.82) is 0 Å². The van der Waals surface area contributed by atoms with E-state index < -0.39 is 18.5 Å². The van der Waals surface area contributed by atoms with Crippen molar-refractivity contribution >= 4 is 29.3 Å². The topological polar surface area (TPSA) is 72.5 Å². The molecule has 0 spiro atoms. The maximum atomic E-state index is 12.4. The van der Waals surface area contributed by atoms with Crippen LogP contribution in [0, 0.1) is 0 Å². The second kappa shape index (κ2) is 9.66. The van der Waals surface area contributed by atoms with E-state index in [9.17, 15) is 14.4 Å². The van der Waals surface area contributed by atoms with Gasteiger partial charge in [-0.3, -0.25) is 9.59 Å². The molecule has 0 radical (unpaired) electrons. The van der Waals surface area contributed by atoms with Crippen LogP contribution in [0.4, 0.5) is 0 Å². The van der Waals surface area contributed by atoms with Gasteiger partial charge in [0.25, 0.3) is 5.91 Å². The molecule has 29 heavy (non-hydrogen) atoms. The summed E-state index contributed by atoms with van der Waals surface area (Å²) in [6.45, 7) is -0.114. The largest absolute Gasteiger partial charge is 0.452 e. The molecule has 1 N–H and O–H groups in total. The minimum atomic E-state index is -0.637. The molecule has 0 saturated heterocycles. The third-order valence-corrected chi connectivity index (χ3v) is 4.37. The molecule has 146 valence electrons. The van der Waals surface area contributed by atoms with Gasteiger partial charge in [0, 0.05) is 22.7 Å². The summed E-state index contributed by atoms with van der Waals surface area (Å²) in [5.41, 5.74) is 2.14. The first-order valence-electron chi connectivity index (χ1n) is 8.91. The monoisotopic (exact) mass is 407 g/mol. The van der Waals surface area contributed by atoms with Crippen LogP contribution in [0.25, 0.3) is 0 Å². The number of benzene rings is 3. The lowest BCUT2D eigenvalue weighted by molar-refractivity contribution is -0.124. The Morgan fingerprint density at radius 1 is 0.793 bits per heavy atom. The zero-order valence-corrected chi connectivity index (χ0v) is 16.2. The molecule has 0 heterocycles. The zero-order valence-electron chi connectivity index (χ0n) is 15.4. The standard InChI is InChI=1S/C23H18ClNO4/c24-20-8-4-5-16(13-20)14-25-21(26)15-29-23(28)19-11-9-18(10-12-19)22(27)17-6-2-1-3-7-17/h1-13H,14-15H2,(H,25,26). The van der Waals surface area contributed by atoms with Crippen molar-refractivity contribution in [3.63, 3.8) is 0 Å². The van der Waals surface area contributed by atoms with Crippen LogP contribution in [0.15, 0.2) is 78.9 Å². The molecular formula is C23H18ClNO4. The number of esters is 1. The predicted octanol–water partition coefficient (Wildman–Crippen LogP) is 4.04. The van der Waals surface area contributed by atoms with Gasteiger partial charge < -0.3 is 10.1 Å². The van der Waals surface area contributed by atoms with Crippen molar-refractivity contribution in [2.24, 2.45) is 0 Å². The fraction of sp³-hybridized carbons (Fsp3) is 0.0870. The first-order chi connectivity index (χ1) is 14.0. The fourth-order valence-corrected chi connectivity index (χ4v) is 2.84. The lowest BCUT2D eigenvalue weighted by atomic mass is 10.0. The first-order valence-corrected chi connectivity index (χ1v) is 9.29. The minimum absolute atomic E-state index is 0.133. The molecule has 0 aromatic heterocycles. The fourth-order valence-electron chi connectivity index (χ4n) is 2.63. The Bertz CT molecular complexity index is 1020. The summed E-state index contributed by atoms with van der Waals surface area (Å²) in [6, 6.07) is 22.1. The van der Waals surface area contributed by atoms with Gasteiger partial charge in [0.15, 0.2) is 12.4 Å². The Morgan fingerprint density at radius 3 is 2.14 bits per heavy atom. The van der Waals surface area contributed by atoms with E-state index in [0.29, 0.717) is 16.1 Å². The molecule has 5 nitrogen and oxygen atoms in total. The van der Waals surface area contributed by atoms with E-state index in [2.05, 4.69) is 5.32 Å². The van der Waals surface area contributed by atoms with Gasteiger partial charge in [0.2, 0.25) is 0 Å². The third kappa shape index (κ3) is 5.77. The number of hydrogen-bond acceptors (Lipinski definition) is 4. The van der Waals surface area contributed by atoms with E-state index in [4.69, 9.17) is 16.3 Å². The average Bonchev–Trinajstić information content (AvgIpc) is 2.76. The molecule has 0 fully saturated rings. The van der Waals surface area contributed by atoms with Gasteiger partial charge in [-0.05, 0) is 29.8 Å². The molecule has 0 saturated carbocycles. The van der Waals surface area contributed by atoms with Crippen molar-refractivity contribution in [2.75, 3.05) is 6.61 Å². The van der Waals surface area contributed by atoms with Crippen molar-refractivity contribution in [1.82, 2.24) is 5.32 Å². The van der Waals surface area contributed by atoms with Crippen LogP contribution in [0.1, 0.15) is 31.8 Å². The summed E-state index contributed by atoms with van der Waals surface area (Å²) in [7, 11) is 0. The van der Waals surface area contributed by atoms with E-state index in [1.807, 2.05) is 12.1 Å². The van der Waals surface area contributed by atoms with Gasteiger partial charge in [-0.15, -0.1) is 0 Å². The quantitative estimate of drug-likeness (QED) is 0.474. The number of amides is 1. The highest BCUT2D eigenvalue weighted by molar-refractivity contribution is 6.30. The zero-order chi connectivity index (χ0) is 20.6. The molecule has 6 heteroatoms. The third-order valence-electron chi connectivity index (χ3n) is 4.13. The van der Waals surface area contributed by atoms with Crippen LogP contribution >= 0.6 is 11.6 Å². The summed E-state index contributed by atoms with van der Waals surface area (Å²) in [4.78, 5) is 36.4. The molecule has 1 amide bonds. The van der Waals surface area contributed by atoms with Crippen LogP contribution in [-0.4, -0.2) is 24.3 Å². The number of ketones is 1. The molecule has 0 atom stereocenters. The number of hydrogen-bond donors (Lipinski definition) is 1. The van der Waals surface area contributed by atoms with Crippen LogP contribution in [0.2, 0.25) is 5.02 Å². The molecule has 3 rings (SSSR count). The molecule has 0 aliphatic rings. The molecule has 3 aromatic rings. The van der Waals surface area contributed by atoms with E-state index >= 15 is 0 Å². The molecule has 3 aromatic carbocycles. The summed E-state index contributed by atoms with van der Waals surface area (Å²) in [6.07, 6.45) is 0. The molecule has 0 aliphatic carbocycles. The SMILES string of the molecule is O=C(COC(=O)c1ccc(C(=O)c2ccccc2)cc1)NCc1cccc(Cl)c1. The van der Waals surface area contributed by atoms with Crippen LogP contribution in [-0.2, 0) is 16.1 Å². The van der Waals surface area contributed by atoms with Crippen LogP contribution < -0.4 is 5.32 Å². The second-order valence-corrected chi connectivity index (χ2v) is 6.69. The van der Waals surface area contributed by atoms with Gasteiger partial charge in [0.05, 0.1) is 5.56 Å². The number of carbonyl (C=O) groups excluding carboxylic acids is 3. The highest BCUT2D eigenvalue weighted by Gasteiger charge is 2.13. The van der Waals surface area contributed by atoms with Gasteiger partial charge >= 0.3 is 5.97 Å². The molecule has 0 aliphatic heterocycles. The van der Waals surface area contributed by atoms with Crippen LogP contribution in [0.5, 0.6) is 0 Å². The van der Waals surface area contributed by atoms with Gasteiger partial charge in [-0.25, -0.2) is 4.79 Å². The number of ether oxygens (including phenoxy) is 1. The number of rotatable bonds is 7. The van der Waals surface area contributed by atoms with E-state index in [0.717, 1.165) is 5.56 Å². The van der Waals surface area contributed by atoms with Crippen molar-refractivity contribution in [3.8, 4) is 0 Å². The maximum absolute atomic E-state index is 12.4. The van der Waals surface area contributed by atoms with E-state index in [1.165, 1.54) is 12.1 Å². The average molecular weight is 408 g/mol. The predicted molar refractivity (Wildman–Crippen MR) is 110 cm³/mol. The molecule has 0 unspecified atom stereocenters. The Labute approximate surface area is 173 Å². The summed E-state index contributed by atoms with van der Waals surface area (Å²) >= 11 is 5.89. The van der Waals surface area contributed by atoms with Gasteiger partial charge in [-0.1, -0.05) is 66.2 Å². The highest BCUT2D eigenvalue weighted by atomic mass is 35.5.